The highest BCUT2D eigenvalue weighted by atomic mass is 19.1. The number of nitrogens with zero attached hydrogens (tertiary/aromatic N) is 2. The Morgan fingerprint density at radius 1 is 1.00 bits per heavy atom. The van der Waals surface area contributed by atoms with E-state index in [1.54, 1.807) is 12.1 Å². The van der Waals surface area contributed by atoms with Crippen LogP contribution >= 0.6 is 0 Å². The summed E-state index contributed by atoms with van der Waals surface area (Å²) in [6, 6.07) is 24.1. The number of amides is 2. The molecule has 1 saturated heterocycles. The fourth-order valence-corrected chi connectivity index (χ4v) is 5.52. The Kier molecular flexibility index (Phi) is 7.11. The second-order valence-electron chi connectivity index (χ2n) is 9.60. The number of nitrogens with one attached hydrogen (secondary N) is 1. The number of carbonyl (C=O) groups excluding carboxylic acids is 1. The fourth-order valence-electron chi connectivity index (χ4n) is 5.52. The van der Waals surface area contributed by atoms with Gasteiger partial charge < -0.3 is 15.3 Å². The van der Waals surface area contributed by atoms with Crippen molar-refractivity contribution in [3.63, 3.8) is 0 Å². The Labute approximate surface area is 206 Å². The number of fused-ring (bicyclic) bond motifs is 1. The fraction of sp³-hybridized carbons (Fsp3) is 0.345. The summed E-state index contributed by atoms with van der Waals surface area (Å²) in [6.45, 7) is 3.12. The molecule has 2 aliphatic rings. The molecule has 5 nitrogen and oxygen atoms in total. The molecule has 2 N–H and O–H groups in total. The van der Waals surface area contributed by atoms with Crippen molar-refractivity contribution in [2.75, 3.05) is 26.2 Å². The van der Waals surface area contributed by atoms with Gasteiger partial charge in [0.15, 0.2) is 0 Å². The maximum absolute atomic E-state index is 13.6. The van der Waals surface area contributed by atoms with Crippen LogP contribution in [0.4, 0.5) is 9.18 Å². The highest BCUT2D eigenvalue weighted by Crippen LogP contribution is 2.35. The van der Waals surface area contributed by atoms with Crippen LogP contribution in [0.2, 0.25) is 0 Å². The molecule has 2 aliphatic heterocycles. The third kappa shape index (κ3) is 5.24. The first-order valence-corrected chi connectivity index (χ1v) is 12.4. The maximum atomic E-state index is 13.6. The number of rotatable bonds is 6. The van der Waals surface area contributed by atoms with E-state index in [1.807, 2.05) is 41.3 Å². The number of likely N-dealkylation sites (tertiary alicyclic amines) is 1. The number of halogens is 1. The van der Waals surface area contributed by atoms with Crippen LogP contribution in [0.5, 0.6) is 0 Å². The Hall–Kier alpha value is -3.22. The summed E-state index contributed by atoms with van der Waals surface area (Å²) < 4.78 is 13.6. The minimum atomic E-state index is -0.311. The number of aliphatic hydroxyl groups excluding tert-OH is 1. The molecule has 5 rings (SSSR count). The Morgan fingerprint density at radius 2 is 1.74 bits per heavy atom. The Morgan fingerprint density at radius 3 is 2.51 bits per heavy atom. The molecule has 3 unspecified atom stereocenters. The minimum absolute atomic E-state index is 0.0960. The van der Waals surface area contributed by atoms with E-state index in [0.29, 0.717) is 6.54 Å². The molecule has 182 valence electrons. The average Bonchev–Trinajstić information content (AvgIpc) is 3.35. The molecule has 3 atom stereocenters. The van der Waals surface area contributed by atoms with Crippen molar-refractivity contribution in [2.45, 2.75) is 31.5 Å². The van der Waals surface area contributed by atoms with Crippen LogP contribution in [0.25, 0.3) is 0 Å². The summed E-state index contributed by atoms with van der Waals surface area (Å²) in [4.78, 5) is 17.8. The zero-order valence-electron chi connectivity index (χ0n) is 19.8. The molecule has 3 aromatic rings. The lowest BCUT2D eigenvalue weighted by molar-refractivity contribution is 0.153. The lowest BCUT2D eigenvalue weighted by Crippen LogP contribution is -2.52. The summed E-state index contributed by atoms with van der Waals surface area (Å²) in [5, 5.41) is 13.3. The summed E-state index contributed by atoms with van der Waals surface area (Å²) >= 11 is 0. The normalized spacial score (nSPS) is 20.9. The zero-order chi connectivity index (χ0) is 24.2. The van der Waals surface area contributed by atoms with E-state index in [9.17, 15) is 14.3 Å². The van der Waals surface area contributed by atoms with Crippen LogP contribution in [0.1, 0.15) is 34.7 Å². The van der Waals surface area contributed by atoms with Crippen molar-refractivity contribution >= 4 is 6.03 Å². The van der Waals surface area contributed by atoms with Gasteiger partial charge in [0, 0.05) is 19.6 Å². The smallest absolute Gasteiger partial charge is 0.318 e. The number of hydrogen-bond donors (Lipinski definition) is 2. The average molecular weight is 474 g/mol. The van der Waals surface area contributed by atoms with Gasteiger partial charge in [0.2, 0.25) is 0 Å². The summed E-state index contributed by atoms with van der Waals surface area (Å²) in [7, 11) is 0. The SMILES string of the molecule is O=C(NC(CO)C1CCN(Cc2ccccc2)C1)N1CCc2ccccc2C1c1ccc(F)cc1. The van der Waals surface area contributed by atoms with E-state index < -0.39 is 0 Å². The molecule has 0 aromatic heterocycles. The topological polar surface area (TPSA) is 55.8 Å². The first-order chi connectivity index (χ1) is 17.1. The van der Waals surface area contributed by atoms with Crippen LogP contribution in [0.15, 0.2) is 78.9 Å². The number of hydrogen-bond acceptors (Lipinski definition) is 3. The van der Waals surface area contributed by atoms with Gasteiger partial charge >= 0.3 is 6.03 Å². The van der Waals surface area contributed by atoms with Gasteiger partial charge in [0.25, 0.3) is 0 Å². The van der Waals surface area contributed by atoms with Crippen LogP contribution < -0.4 is 5.32 Å². The van der Waals surface area contributed by atoms with Crippen LogP contribution in [-0.4, -0.2) is 53.2 Å². The molecular weight excluding hydrogens is 441 g/mol. The summed E-state index contributed by atoms with van der Waals surface area (Å²) in [5.41, 5.74) is 4.42. The van der Waals surface area contributed by atoms with Gasteiger partial charge in [-0.05, 0) is 59.7 Å². The predicted molar refractivity (Wildman–Crippen MR) is 134 cm³/mol. The van der Waals surface area contributed by atoms with E-state index in [-0.39, 0.29) is 36.5 Å². The van der Waals surface area contributed by atoms with Crippen molar-refractivity contribution in [1.82, 2.24) is 15.1 Å². The van der Waals surface area contributed by atoms with Crippen molar-refractivity contribution in [1.29, 1.82) is 0 Å². The first-order valence-electron chi connectivity index (χ1n) is 12.4. The van der Waals surface area contributed by atoms with E-state index in [0.717, 1.165) is 43.6 Å². The van der Waals surface area contributed by atoms with Crippen LogP contribution in [0.3, 0.4) is 0 Å². The van der Waals surface area contributed by atoms with Gasteiger partial charge in [-0.15, -0.1) is 0 Å². The van der Waals surface area contributed by atoms with Crippen molar-refractivity contribution in [3.05, 3.63) is 107 Å². The largest absolute Gasteiger partial charge is 0.394 e. The predicted octanol–water partition coefficient (Wildman–Crippen LogP) is 4.37. The number of urea groups is 1. The Bertz CT molecular complexity index is 1140. The molecule has 35 heavy (non-hydrogen) atoms. The quantitative estimate of drug-likeness (QED) is 0.559. The second-order valence-corrected chi connectivity index (χ2v) is 9.60. The molecular formula is C29H32FN3O2. The molecule has 1 fully saturated rings. The lowest BCUT2D eigenvalue weighted by atomic mass is 9.88. The van der Waals surface area contributed by atoms with E-state index >= 15 is 0 Å². The van der Waals surface area contributed by atoms with Crippen LogP contribution in [0, 0.1) is 11.7 Å². The monoisotopic (exact) mass is 473 g/mol. The summed E-state index contributed by atoms with van der Waals surface area (Å²) in [6.07, 6.45) is 1.70. The molecule has 3 aromatic carbocycles. The Balaban J connectivity index is 1.30. The van der Waals surface area contributed by atoms with Crippen molar-refractivity contribution < 1.29 is 14.3 Å². The molecule has 2 amide bonds. The molecule has 0 radical (unpaired) electrons. The number of carbonyl (C=O) groups is 1. The van der Waals surface area contributed by atoms with Crippen LogP contribution in [-0.2, 0) is 13.0 Å². The molecule has 0 spiro atoms. The van der Waals surface area contributed by atoms with Gasteiger partial charge in [-0.1, -0.05) is 66.7 Å². The third-order valence-electron chi connectivity index (χ3n) is 7.36. The van der Waals surface area contributed by atoms with E-state index in [2.05, 4.69) is 28.4 Å². The van der Waals surface area contributed by atoms with E-state index in [1.165, 1.54) is 23.3 Å². The molecule has 2 heterocycles. The molecule has 0 aliphatic carbocycles. The standard InChI is InChI=1S/C29H32FN3O2/c30-25-12-10-23(11-13-25)28-26-9-5-4-8-22(26)15-17-33(28)29(35)31-27(20-34)24-14-16-32(19-24)18-21-6-2-1-3-7-21/h1-13,24,27-28,34H,14-20H2,(H,31,35). The van der Waals surface area contributed by atoms with Gasteiger partial charge in [-0.3, -0.25) is 4.90 Å². The third-order valence-corrected chi connectivity index (χ3v) is 7.36. The van der Waals surface area contributed by atoms with Gasteiger partial charge in [-0.2, -0.15) is 0 Å². The second kappa shape index (κ2) is 10.6. The zero-order valence-corrected chi connectivity index (χ0v) is 19.8. The summed E-state index contributed by atoms with van der Waals surface area (Å²) in [5.74, 6) is -0.107. The minimum Gasteiger partial charge on any atom is -0.394 e. The van der Waals surface area contributed by atoms with Gasteiger partial charge in [-0.25, -0.2) is 9.18 Å². The molecule has 6 heteroatoms. The number of benzene rings is 3. The van der Waals surface area contributed by atoms with Gasteiger partial charge in [0.1, 0.15) is 5.82 Å². The lowest BCUT2D eigenvalue weighted by Gasteiger charge is -2.39. The maximum Gasteiger partial charge on any atom is 0.318 e. The van der Waals surface area contributed by atoms with E-state index in [4.69, 9.17) is 0 Å². The van der Waals surface area contributed by atoms with Gasteiger partial charge in [0.05, 0.1) is 18.7 Å². The molecule has 0 bridgehead atoms. The highest BCUT2D eigenvalue weighted by Gasteiger charge is 2.35. The van der Waals surface area contributed by atoms with Crippen molar-refractivity contribution in [3.8, 4) is 0 Å². The highest BCUT2D eigenvalue weighted by molar-refractivity contribution is 5.76. The molecule has 0 saturated carbocycles. The number of aliphatic hydroxyl groups is 1. The first kappa shape index (κ1) is 23.5. The van der Waals surface area contributed by atoms with Crippen molar-refractivity contribution in [2.24, 2.45) is 5.92 Å².